The van der Waals surface area contributed by atoms with Crippen molar-refractivity contribution < 1.29 is 0 Å². The summed E-state index contributed by atoms with van der Waals surface area (Å²) in [5, 5.41) is 0. The molecule has 1 rings (SSSR count). The molecule has 0 heteroatoms. The molecule has 0 aliphatic heterocycles. The molecule has 70 valence electrons. The topological polar surface area (TPSA) is 0 Å². The fourth-order valence-electron chi connectivity index (χ4n) is 1.63. The van der Waals surface area contributed by atoms with Crippen LogP contribution in [0.15, 0.2) is 12.2 Å². The molecule has 2 atom stereocenters. The van der Waals surface area contributed by atoms with Gasteiger partial charge in [-0.3, -0.25) is 0 Å². The summed E-state index contributed by atoms with van der Waals surface area (Å²) >= 11 is 0. The molecule has 1 saturated carbocycles. The molecular formula is C12H22. The summed E-state index contributed by atoms with van der Waals surface area (Å²) in [7, 11) is 0. The second-order valence-corrected chi connectivity index (χ2v) is 5.81. The molecule has 0 aromatic rings. The molecule has 0 spiro atoms. The van der Waals surface area contributed by atoms with E-state index >= 15 is 0 Å². The average molecular weight is 166 g/mol. The van der Waals surface area contributed by atoms with E-state index in [1.165, 1.54) is 18.4 Å². The van der Waals surface area contributed by atoms with E-state index in [0.29, 0.717) is 10.8 Å². The molecule has 0 nitrogen and oxygen atoms in total. The normalized spacial score (nSPS) is 31.9. The Hall–Kier alpha value is -0.260. The zero-order valence-electron chi connectivity index (χ0n) is 9.20. The number of rotatable bonds is 2. The van der Waals surface area contributed by atoms with E-state index in [-0.39, 0.29) is 0 Å². The highest BCUT2D eigenvalue weighted by Gasteiger charge is 2.44. The maximum absolute atomic E-state index is 4.05. The van der Waals surface area contributed by atoms with Crippen molar-refractivity contribution >= 4 is 0 Å². The highest BCUT2D eigenvalue weighted by atomic mass is 14.5. The van der Waals surface area contributed by atoms with Crippen molar-refractivity contribution in [3.63, 3.8) is 0 Å². The molecule has 0 heterocycles. The number of hydrogen-bond donors (Lipinski definition) is 0. The fourth-order valence-corrected chi connectivity index (χ4v) is 1.63. The summed E-state index contributed by atoms with van der Waals surface area (Å²) in [4.78, 5) is 0. The van der Waals surface area contributed by atoms with Gasteiger partial charge in [0.1, 0.15) is 0 Å². The molecule has 2 unspecified atom stereocenters. The Labute approximate surface area is 77.1 Å². The van der Waals surface area contributed by atoms with Gasteiger partial charge in [-0.05, 0) is 29.6 Å². The van der Waals surface area contributed by atoms with Crippen LogP contribution in [0.5, 0.6) is 0 Å². The van der Waals surface area contributed by atoms with Crippen LogP contribution >= 0.6 is 0 Å². The first kappa shape index (κ1) is 9.83. The Kier molecular flexibility index (Phi) is 2.14. The lowest BCUT2D eigenvalue weighted by Gasteiger charge is -2.29. The lowest BCUT2D eigenvalue weighted by Crippen LogP contribution is -2.20. The van der Waals surface area contributed by atoms with Gasteiger partial charge < -0.3 is 0 Å². The van der Waals surface area contributed by atoms with E-state index < -0.39 is 0 Å². The third kappa shape index (κ3) is 1.91. The first-order chi connectivity index (χ1) is 5.26. The van der Waals surface area contributed by atoms with Crippen molar-refractivity contribution in [1.29, 1.82) is 0 Å². The Morgan fingerprint density at radius 1 is 1.50 bits per heavy atom. The third-order valence-electron chi connectivity index (χ3n) is 3.57. The summed E-state index contributed by atoms with van der Waals surface area (Å²) < 4.78 is 0. The van der Waals surface area contributed by atoms with Gasteiger partial charge in [0.2, 0.25) is 0 Å². The summed E-state index contributed by atoms with van der Waals surface area (Å²) in [5.74, 6) is 0.793. The van der Waals surface area contributed by atoms with Crippen LogP contribution in [-0.2, 0) is 0 Å². The Bertz CT molecular complexity index is 195. The summed E-state index contributed by atoms with van der Waals surface area (Å²) in [6.45, 7) is 15.7. The lowest BCUT2D eigenvalue weighted by atomic mass is 9.76. The lowest BCUT2D eigenvalue weighted by molar-refractivity contribution is 0.216. The molecule has 1 fully saturated rings. The van der Waals surface area contributed by atoms with E-state index in [9.17, 15) is 0 Å². The molecule has 0 N–H and O–H groups in total. The van der Waals surface area contributed by atoms with Crippen molar-refractivity contribution in [3.05, 3.63) is 12.2 Å². The van der Waals surface area contributed by atoms with Gasteiger partial charge in [-0.25, -0.2) is 0 Å². The molecule has 0 amide bonds. The second-order valence-electron chi connectivity index (χ2n) is 5.81. The molecule has 0 saturated heterocycles. The van der Waals surface area contributed by atoms with E-state index in [2.05, 4.69) is 41.2 Å². The van der Waals surface area contributed by atoms with E-state index in [1.807, 2.05) is 0 Å². The van der Waals surface area contributed by atoms with Crippen molar-refractivity contribution in [2.45, 2.75) is 47.5 Å². The monoisotopic (exact) mass is 166 g/mol. The smallest absolute Gasteiger partial charge is 0.00788 e. The molecule has 1 aliphatic rings. The summed E-state index contributed by atoms with van der Waals surface area (Å²) in [6.07, 6.45) is 2.57. The van der Waals surface area contributed by atoms with Gasteiger partial charge in [-0.1, -0.05) is 46.8 Å². The Morgan fingerprint density at radius 2 is 1.92 bits per heavy atom. The maximum atomic E-state index is 4.05. The third-order valence-corrected chi connectivity index (χ3v) is 3.57. The van der Waals surface area contributed by atoms with Gasteiger partial charge in [-0.2, -0.15) is 0 Å². The number of allylic oxidation sites excluding steroid dienone is 1. The van der Waals surface area contributed by atoms with Gasteiger partial charge in [0.15, 0.2) is 0 Å². The summed E-state index contributed by atoms with van der Waals surface area (Å²) in [6, 6.07) is 0. The summed E-state index contributed by atoms with van der Waals surface area (Å²) in [5.41, 5.74) is 2.40. The predicted octanol–water partition coefficient (Wildman–Crippen LogP) is 4.02. The Morgan fingerprint density at radius 3 is 2.17 bits per heavy atom. The van der Waals surface area contributed by atoms with Crippen LogP contribution in [0.4, 0.5) is 0 Å². The van der Waals surface area contributed by atoms with E-state index in [0.717, 1.165) is 5.92 Å². The molecule has 0 aromatic carbocycles. The maximum Gasteiger partial charge on any atom is -0.00788 e. The largest absolute Gasteiger partial charge is 0.0993 e. The first-order valence-electron chi connectivity index (χ1n) is 4.94. The van der Waals surface area contributed by atoms with Crippen LogP contribution in [-0.4, -0.2) is 0 Å². The zero-order valence-corrected chi connectivity index (χ0v) is 9.20. The van der Waals surface area contributed by atoms with Gasteiger partial charge in [0.25, 0.3) is 0 Å². The average Bonchev–Trinajstić information content (AvgIpc) is 2.37. The predicted molar refractivity (Wildman–Crippen MR) is 55.1 cm³/mol. The highest BCUT2D eigenvalue weighted by Crippen LogP contribution is 2.56. The SMILES string of the molecule is C=C1CC1(C)CC(C)C(C)(C)C. The minimum atomic E-state index is 0.450. The highest BCUT2D eigenvalue weighted by molar-refractivity contribution is 5.27. The van der Waals surface area contributed by atoms with Crippen LogP contribution in [0, 0.1) is 16.7 Å². The molecule has 12 heavy (non-hydrogen) atoms. The molecule has 1 aliphatic carbocycles. The molecule has 0 aromatic heterocycles. The molecule has 0 radical (unpaired) electrons. The minimum Gasteiger partial charge on any atom is -0.0993 e. The van der Waals surface area contributed by atoms with E-state index in [1.54, 1.807) is 0 Å². The van der Waals surface area contributed by atoms with Crippen molar-refractivity contribution in [2.75, 3.05) is 0 Å². The first-order valence-corrected chi connectivity index (χ1v) is 4.94. The van der Waals surface area contributed by atoms with Gasteiger partial charge in [0.05, 0.1) is 0 Å². The van der Waals surface area contributed by atoms with Crippen LogP contribution in [0.3, 0.4) is 0 Å². The minimum absolute atomic E-state index is 0.450. The fraction of sp³-hybridized carbons (Fsp3) is 0.833. The van der Waals surface area contributed by atoms with Crippen LogP contribution in [0.1, 0.15) is 47.5 Å². The van der Waals surface area contributed by atoms with Gasteiger partial charge in [-0.15, -0.1) is 0 Å². The van der Waals surface area contributed by atoms with Crippen LogP contribution in [0.2, 0.25) is 0 Å². The van der Waals surface area contributed by atoms with Crippen molar-refractivity contribution in [3.8, 4) is 0 Å². The van der Waals surface area contributed by atoms with E-state index in [4.69, 9.17) is 0 Å². The van der Waals surface area contributed by atoms with Crippen LogP contribution < -0.4 is 0 Å². The quantitative estimate of drug-likeness (QED) is 0.543. The standard InChI is InChI=1S/C12H22/c1-9(11(3,4)5)7-12(6)8-10(12)2/h9H,2,7-8H2,1,3-6H3. The Balaban J connectivity index is 2.48. The zero-order chi connectivity index (χ0) is 9.57. The molecule has 0 bridgehead atoms. The number of hydrogen-bond acceptors (Lipinski definition) is 0. The van der Waals surface area contributed by atoms with Crippen LogP contribution in [0.25, 0.3) is 0 Å². The van der Waals surface area contributed by atoms with Crippen molar-refractivity contribution in [1.82, 2.24) is 0 Å². The molecular weight excluding hydrogens is 144 g/mol. The van der Waals surface area contributed by atoms with Gasteiger partial charge >= 0.3 is 0 Å². The second kappa shape index (κ2) is 2.61. The van der Waals surface area contributed by atoms with Gasteiger partial charge in [0, 0.05) is 0 Å². The van der Waals surface area contributed by atoms with Crippen molar-refractivity contribution in [2.24, 2.45) is 16.7 Å².